The topological polar surface area (TPSA) is 69.6 Å². The SMILES string of the molecule is Cc1cccc(Cl)c1NC(=O)N(C)CCCC(=O)O. The average Bonchev–Trinajstić information content (AvgIpc) is 2.33. The molecule has 1 aromatic carbocycles. The molecule has 0 aromatic heterocycles. The second-order valence-electron chi connectivity index (χ2n) is 4.28. The Hall–Kier alpha value is -1.75. The van der Waals surface area contributed by atoms with Crippen molar-refractivity contribution in [3.63, 3.8) is 0 Å². The number of aryl methyl sites for hydroxylation is 1. The molecule has 2 N–H and O–H groups in total. The molecule has 0 aliphatic carbocycles. The number of nitrogens with one attached hydrogen (secondary N) is 1. The van der Waals surface area contributed by atoms with Gasteiger partial charge in [-0.1, -0.05) is 23.7 Å². The second kappa shape index (κ2) is 6.99. The molecule has 2 amide bonds. The van der Waals surface area contributed by atoms with Crippen molar-refractivity contribution < 1.29 is 14.7 Å². The Balaban J connectivity index is 2.57. The summed E-state index contributed by atoms with van der Waals surface area (Å²) in [6.07, 6.45) is 0.462. The highest BCUT2D eigenvalue weighted by Gasteiger charge is 2.12. The van der Waals surface area contributed by atoms with Gasteiger partial charge >= 0.3 is 12.0 Å². The molecule has 0 saturated heterocycles. The van der Waals surface area contributed by atoms with Crippen molar-refractivity contribution in [2.45, 2.75) is 19.8 Å². The van der Waals surface area contributed by atoms with Gasteiger partial charge in [0.15, 0.2) is 0 Å². The number of carbonyl (C=O) groups excluding carboxylic acids is 1. The molecule has 19 heavy (non-hydrogen) atoms. The Morgan fingerprint density at radius 2 is 2.11 bits per heavy atom. The van der Waals surface area contributed by atoms with Gasteiger partial charge in [-0.05, 0) is 25.0 Å². The number of carbonyl (C=O) groups is 2. The lowest BCUT2D eigenvalue weighted by Gasteiger charge is -2.19. The fraction of sp³-hybridized carbons (Fsp3) is 0.385. The number of nitrogens with zero attached hydrogens (tertiary/aromatic N) is 1. The van der Waals surface area contributed by atoms with Gasteiger partial charge in [-0.2, -0.15) is 0 Å². The first kappa shape index (κ1) is 15.3. The van der Waals surface area contributed by atoms with Crippen LogP contribution in [0.1, 0.15) is 18.4 Å². The molecule has 0 atom stereocenters. The van der Waals surface area contributed by atoms with Crippen LogP contribution >= 0.6 is 11.6 Å². The third-order valence-electron chi connectivity index (χ3n) is 2.68. The molecule has 0 fully saturated rings. The number of carboxylic acids is 1. The monoisotopic (exact) mass is 284 g/mol. The zero-order chi connectivity index (χ0) is 14.4. The summed E-state index contributed by atoms with van der Waals surface area (Å²) in [6, 6.07) is 5.06. The molecular weight excluding hydrogens is 268 g/mol. The number of amides is 2. The molecule has 5 nitrogen and oxygen atoms in total. The van der Waals surface area contributed by atoms with Crippen molar-refractivity contribution in [3.8, 4) is 0 Å². The number of carboxylic acid groups (broad SMARTS) is 1. The standard InChI is InChI=1S/C13H17ClN2O3/c1-9-5-3-6-10(14)12(9)15-13(19)16(2)8-4-7-11(17)18/h3,5-6H,4,7-8H2,1-2H3,(H,15,19)(H,17,18). The van der Waals surface area contributed by atoms with Crippen molar-refractivity contribution >= 4 is 29.3 Å². The van der Waals surface area contributed by atoms with Crippen LogP contribution in [0, 0.1) is 6.92 Å². The Morgan fingerprint density at radius 1 is 1.42 bits per heavy atom. The molecule has 6 heteroatoms. The van der Waals surface area contributed by atoms with Gasteiger partial charge in [0.1, 0.15) is 0 Å². The predicted octanol–water partition coefficient (Wildman–Crippen LogP) is 2.98. The number of benzene rings is 1. The molecule has 0 saturated carbocycles. The number of aliphatic carboxylic acids is 1. The summed E-state index contributed by atoms with van der Waals surface area (Å²) in [5.74, 6) is -0.865. The molecule has 0 heterocycles. The highest BCUT2D eigenvalue weighted by molar-refractivity contribution is 6.33. The average molecular weight is 285 g/mol. The van der Waals surface area contributed by atoms with Gasteiger partial charge in [-0.15, -0.1) is 0 Å². The molecule has 0 radical (unpaired) electrons. The maximum atomic E-state index is 11.9. The van der Waals surface area contributed by atoms with E-state index < -0.39 is 5.97 Å². The van der Waals surface area contributed by atoms with E-state index in [9.17, 15) is 9.59 Å². The summed E-state index contributed by atoms with van der Waals surface area (Å²) in [5.41, 5.74) is 1.46. The van der Waals surface area contributed by atoms with Crippen molar-refractivity contribution in [2.24, 2.45) is 0 Å². The van der Waals surface area contributed by atoms with Gasteiger partial charge in [-0.25, -0.2) is 4.79 Å². The largest absolute Gasteiger partial charge is 0.481 e. The Bertz CT molecular complexity index is 457. The minimum atomic E-state index is -0.865. The van der Waals surface area contributed by atoms with E-state index in [4.69, 9.17) is 16.7 Å². The first-order chi connectivity index (χ1) is 8.91. The zero-order valence-corrected chi connectivity index (χ0v) is 11.7. The molecule has 104 valence electrons. The van der Waals surface area contributed by atoms with Gasteiger partial charge in [0.2, 0.25) is 0 Å². The van der Waals surface area contributed by atoms with E-state index in [0.29, 0.717) is 23.7 Å². The smallest absolute Gasteiger partial charge is 0.321 e. The summed E-state index contributed by atoms with van der Waals surface area (Å²) in [6.45, 7) is 2.23. The second-order valence-corrected chi connectivity index (χ2v) is 4.69. The van der Waals surface area contributed by atoms with Crippen molar-refractivity contribution in [3.05, 3.63) is 28.8 Å². The Kier molecular flexibility index (Phi) is 5.63. The third-order valence-corrected chi connectivity index (χ3v) is 3.00. The normalized spacial score (nSPS) is 10.1. The fourth-order valence-electron chi connectivity index (χ4n) is 1.56. The summed E-state index contributed by atoms with van der Waals surface area (Å²) in [4.78, 5) is 23.7. The Labute approximate surface area is 117 Å². The third kappa shape index (κ3) is 4.79. The first-order valence-corrected chi connectivity index (χ1v) is 6.28. The zero-order valence-electron chi connectivity index (χ0n) is 10.9. The quantitative estimate of drug-likeness (QED) is 0.873. The van der Waals surface area contributed by atoms with Crippen LogP contribution in [-0.2, 0) is 4.79 Å². The van der Waals surface area contributed by atoms with E-state index >= 15 is 0 Å². The molecule has 0 aliphatic rings. The van der Waals surface area contributed by atoms with Gasteiger partial charge in [0, 0.05) is 20.0 Å². The lowest BCUT2D eigenvalue weighted by molar-refractivity contribution is -0.137. The summed E-state index contributed by atoms with van der Waals surface area (Å²) in [5, 5.41) is 11.7. The minimum Gasteiger partial charge on any atom is -0.481 e. The van der Waals surface area contributed by atoms with Gasteiger partial charge in [0.25, 0.3) is 0 Å². The minimum absolute atomic E-state index is 0.0444. The van der Waals surface area contributed by atoms with E-state index in [0.717, 1.165) is 5.56 Å². The van der Waals surface area contributed by atoms with Crippen LogP contribution < -0.4 is 5.32 Å². The highest BCUT2D eigenvalue weighted by Crippen LogP contribution is 2.25. The molecule has 1 aromatic rings. The highest BCUT2D eigenvalue weighted by atomic mass is 35.5. The van der Waals surface area contributed by atoms with Crippen LogP contribution in [-0.4, -0.2) is 35.6 Å². The molecule has 0 aliphatic heterocycles. The summed E-state index contributed by atoms with van der Waals surface area (Å²) >= 11 is 6.01. The first-order valence-electron chi connectivity index (χ1n) is 5.91. The molecule has 0 bridgehead atoms. The van der Waals surface area contributed by atoms with Gasteiger partial charge in [-0.3, -0.25) is 4.79 Å². The van der Waals surface area contributed by atoms with Crippen LogP contribution in [0.15, 0.2) is 18.2 Å². The summed E-state index contributed by atoms with van der Waals surface area (Å²) < 4.78 is 0. The van der Waals surface area contributed by atoms with Gasteiger partial charge in [0.05, 0.1) is 10.7 Å². The van der Waals surface area contributed by atoms with E-state index in [2.05, 4.69) is 5.32 Å². The van der Waals surface area contributed by atoms with Crippen molar-refractivity contribution in [1.29, 1.82) is 0 Å². The number of hydrogen-bond donors (Lipinski definition) is 2. The van der Waals surface area contributed by atoms with Crippen LogP contribution in [0.3, 0.4) is 0 Å². The van der Waals surface area contributed by atoms with E-state index in [1.54, 1.807) is 13.1 Å². The van der Waals surface area contributed by atoms with E-state index in [1.807, 2.05) is 19.1 Å². The summed E-state index contributed by atoms with van der Waals surface area (Å²) in [7, 11) is 1.61. The maximum Gasteiger partial charge on any atom is 0.321 e. The number of urea groups is 1. The fourth-order valence-corrected chi connectivity index (χ4v) is 1.83. The number of para-hydroxylation sites is 1. The number of anilines is 1. The maximum absolute atomic E-state index is 11.9. The number of rotatable bonds is 5. The van der Waals surface area contributed by atoms with Crippen molar-refractivity contribution in [1.82, 2.24) is 4.90 Å². The van der Waals surface area contributed by atoms with Crippen LogP contribution in [0.4, 0.5) is 10.5 Å². The number of hydrogen-bond acceptors (Lipinski definition) is 2. The van der Waals surface area contributed by atoms with E-state index in [-0.39, 0.29) is 12.5 Å². The predicted molar refractivity (Wildman–Crippen MR) is 74.7 cm³/mol. The number of halogens is 1. The van der Waals surface area contributed by atoms with Crippen LogP contribution in [0.2, 0.25) is 5.02 Å². The van der Waals surface area contributed by atoms with Crippen LogP contribution in [0.25, 0.3) is 0 Å². The lowest BCUT2D eigenvalue weighted by Crippen LogP contribution is -2.32. The Morgan fingerprint density at radius 3 is 2.68 bits per heavy atom. The lowest BCUT2D eigenvalue weighted by atomic mass is 10.2. The van der Waals surface area contributed by atoms with E-state index in [1.165, 1.54) is 4.90 Å². The van der Waals surface area contributed by atoms with Crippen LogP contribution in [0.5, 0.6) is 0 Å². The molecule has 1 rings (SSSR count). The molecule has 0 unspecified atom stereocenters. The van der Waals surface area contributed by atoms with Gasteiger partial charge < -0.3 is 15.3 Å². The molecule has 0 spiro atoms. The molecular formula is C13H17ClN2O3. The van der Waals surface area contributed by atoms with Crippen molar-refractivity contribution in [2.75, 3.05) is 18.9 Å².